The molecule has 0 bridgehead atoms. The van der Waals surface area contributed by atoms with Crippen molar-refractivity contribution >= 4 is 5.78 Å². The Balaban J connectivity index is 1.97. The van der Waals surface area contributed by atoms with Gasteiger partial charge in [-0.15, -0.1) is 0 Å². The van der Waals surface area contributed by atoms with Gasteiger partial charge in [0.25, 0.3) is 0 Å². The first-order chi connectivity index (χ1) is 11.1. The highest BCUT2D eigenvalue weighted by atomic mass is 16.5. The first-order valence-corrected chi connectivity index (χ1v) is 7.67. The van der Waals surface area contributed by atoms with Gasteiger partial charge in [0.1, 0.15) is 11.5 Å². The Morgan fingerprint density at radius 1 is 1.04 bits per heavy atom. The van der Waals surface area contributed by atoms with Gasteiger partial charge in [-0.1, -0.05) is 6.07 Å². The molecule has 0 saturated heterocycles. The van der Waals surface area contributed by atoms with Crippen molar-refractivity contribution in [2.24, 2.45) is 0 Å². The van der Waals surface area contributed by atoms with Crippen LogP contribution in [0.15, 0.2) is 36.4 Å². The molecule has 0 aromatic heterocycles. The molecule has 0 aliphatic heterocycles. The molecule has 118 valence electrons. The number of aliphatic hydroxyl groups is 1. The molecule has 2 aliphatic carbocycles. The Morgan fingerprint density at radius 3 is 2.39 bits per heavy atom. The molecule has 0 saturated carbocycles. The maximum Gasteiger partial charge on any atom is 0.164 e. The SMILES string of the molecule is COc1ccc2c(c1)C1(CC2=O)CC(O)c2ccc(OC)cc21. The van der Waals surface area contributed by atoms with Gasteiger partial charge >= 0.3 is 0 Å². The zero-order valence-corrected chi connectivity index (χ0v) is 13.1. The van der Waals surface area contributed by atoms with Crippen LogP contribution in [0.2, 0.25) is 0 Å². The Bertz CT molecular complexity index is 811. The van der Waals surface area contributed by atoms with Crippen molar-refractivity contribution in [3.05, 3.63) is 58.7 Å². The molecule has 0 amide bonds. The summed E-state index contributed by atoms with van der Waals surface area (Å²) < 4.78 is 10.7. The number of carbonyl (C=O) groups is 1. The predicted molar refractivity (Wildman–Crippen MR) is 85.3 cm³/mol. The fourth-order valence-corrected chi connectivity index (χ4v) is 4.09. The zero-order chi connectivity index (χ0) is 16.2. The number of aliphatic hydroxyl groups excluding tert-OH is 1. The van der Waals surface area contributed by atoms with Crippen LogP contribution < -0.4 is 9.47 Å². The number of hydrogen-bond donors (Lipinski definition) is 1. The number of rotatable bonds is 2. The summed E-state index contributed by atoms with van der Waals surface area (Å²) in [6, 6.07) is 11.3. The van der Waals surface area contributed by atoms with Crippen LogP contribution in [0.4, 0.5) is 0 Å². The van der Waals surface area contributed by atoms with Gasteiger partial charge < -0.3 is 14.6 Å². The molecule has 2 aromatic rings. The van der Waals surface area contributed by atoms with Gasteiger partial charge in [0.2, 0.25) is 0 Å². The van der Waals surface area contributed by atoms with Crippen LogP contribution in [-0.2, 0) is 5.41 Å². The molecule has 0 heterocycles. The number of hydrogen-bond acceptors (Lipinski definition) is 4. The van der Waals surface area contributed by atoms with E-state index in [-0.39, 0.29) is 5.78 Å². The highest BCUT2D eigenvalue weighted by Crippen LogP contribution is 2.56. The van der Waals surface area contributed by atoms with Crippen molar-refractivity contribution in [3.8, 4) is 11.5 Å². The monoisotopic (exact) mass is 310 g/mol. The van der Waals surface area contributed by atoms with E-state index in [2.05, 4.69) is 0 Å². The molecule has 0 fully saturated rings. The van der Waals surface area contributed by atoms with Crippen molar-refractivity contribution in [1.82, 2.24) is 0 Å². The quantitative estimate of drug-likeness (QED) is 0.926. The molecule has 2 aromatic carbocycles. The largest absolute Gasteiger partial charge is 0.497 e. The highest BCUT2D eigenvalue weighted by molar-refractivity contribution is 6.03. The van der Waals surface area contributed by atoms with Crippen LogP contribution >= 0.6 is 0 Å². The van der Waals surface area contributed by atoms with E-state index in [1.165, 1.54) is 0 Å². The van der Waals surface area contributed by atoms with Crippen molar-refractivity contribution in [1.29, 1.82) is 0 Å². The summed E-state index contributed by atoms with van der Waals surface area (Å²) in [6.45, 7) is 0. The number of ether oxygens (including phenoxy) is 2. The third-order valence-corrected chi connectivity index (χ3v) is 5.18. The van der Waals surface area contributed by atoms with Crippen molar-refractivity contribution in [2.75, 3.05) is 14.2 Å². The van der Waals surface area contributed by atoms with E-state index in [0.29, 0.717) is 12.8 Å². The summed E-state index contributed by atoms with van der Waals surface area (Å²) in [5.41, 5.74) is 3.07. The van der Waals surface area contributed by atoms with Gasteiger partial charge in [0.05, 0.1) is 20.3 Å². The second-order valence-electron chi connectivity index (χ2n) is 6.27. The minimum Gasteiger partial charge on any atom is -0.497 e. The Hall–Kier alpha value is -2.33. The molecule has 1 spiro atoms. The van der Waals surface area contributed by atoms with Gasteiger partial charge in [-0.3, -0.25) is 4.79 Å². The van der Waals surface area contributed by atoms with E-state index < -0.39 is 11.5 Å². The minimum absolute atomic E-state index is 0.116. The lowest BCUT2D eigenvalue weighted by molar-refractivity contribution is 0.0969. The zero-order valence-electron chi connectivity index (χ0n) is 13.1. The van der Waals surface area contributed by atoms with Gasteiger partial charge in [0, 0.05) is 17.4 Å². The van der Waals surface area contributed by atoms with E-state index >= 15 is 0 Å². The predicted octanol–water partition coefficient (Wildman–Crippen LogP) is 3.01. The Kier molecular flexibility index (Phi) is 3.00. The summed E-state index contributed by atoms with van der Waals surface area (Å²) in [5, 5.41) is 10.5. The molecule has 2 aliphatic rings. The lowest BCUT2D eigenvalue weighted by Crippen LogP contribution is -2.22. The first kappa shape index (κ1) is 14.3. The molecule has 1 N–H and O–H groups in total. The summed E-state index contributed by atoms with van der Waals surface area (Å²) in [7, 11) is 3.24. The maximum atomic E-state index is 12.5. The van der Waals surface area contributed by atoms with Crippen molar-refractivity contribution < 1.29 is 19.4 Å². The standard InChI is InChI=1S/C19H18O4/c1-22-11-3-5-13-15(7-11)19(9-17(13)20)10-18(21)14-6-4-12(23-2)8-16(14)19/h3-8,17,20H,9-10H2,1-2H3. The Labute approximate surface area is 134 Å². The second kappa shape index (κ2) is 4.83. The van der Waals surface area contributed by atoms with Gasteiger partial charge in [-0.05, 0) is 53.4 Å². The summed E-state index contributed by atoms with van der Waals surface area (Å²) in [6.07, 6.45) is 0.328. The van der Waals surface area contributed by atoms with Crippen LogP contribution in [0.1, 0.15) is 46.0 Å². The fourth-order valence-electron chi connectivity index (χ4n) is 4.09. The molecule has 2 unspecified atom stereocenters. The van der Waals surface area contributed by atoms with Crippen LogP contribution in [-0.4, -0.2) is 25.1 Å². The van der Waals surface area contributed by atoms with Gasteiger partial charge in [0.15, 0.2) is 5.78 Å². The maximum absolute atomic E-state index is 12.5. The molecule has 4 nitrogen and oxygen atoms in total. The molecular formula is C19H18O4. The molecule has 0 radical (unpaired) electrons. The van der Waals surface area contributed by atoms with Gasteiger partial charge in [-0.25, -0.2) is 0 Å². The van der Waals surface area contributed by atoms with Crippen molar-refractivity contribution in [3.63, 3.8) is 0 Å². The molecule has 4 rings (SSSR count). The van der Waals surface area contributed by atoms with E-state index in [9.17, 15) is 9.90 Å². The molecule has 2 atom stereocenters. The summed E-state index contributed by atoms with van der Waals surface area (Å²) in [5.74, 6) is 1.58. The van der Waals surface area contributed by atoms with E-state index in [4.69, 9.17) is 9.47 Å². The lowest BCUT2D eigenvalue weighted by atomic mass is 9.76. The second-order valence-corrected chi connectivity index (χ2v) is 6.27. The lowest BCUT2D eigenvalue weighted by Gasteiger charge is -2.26. The normalized spacial score (nSPS) is 24.7. The van der Waals surface area contributed by atoms with Crippen LogP contribution in [0, 0.1) is 0 Å². The Morgan fingerprint density at radius 2 is 1.70 bits per heavy atom. The summed E-state index contributed by atoms with van der Waals surface area (Å²) in [4.78, 5) is 12.5. The fraction of sp³-hybridized carbons (Fsp3) is 0.316. The molecule has 4 heteroatoms. The van der Waals surface area contributed by atoms with Crippen molar-refractivity contribution in [2.45, 2.75) is 24.4 Å². The smallest absolute Gasteiger partial charge is 0.164 e. The molecule has 23 heavy (non-hydrogen) atoms. The third-order valence-electron chi connectivity index (χ3n) is 5.18. The van der Waals surface area contributed by atoms with E-state index in [0.717, 1.165) is 33.8 Å². The van der Waals surface area contributed by atoms with E-state index in [1.807, 2.05) is 36.4 Å². The van der Waals surface area contributed by atoms with E-state index in [1.54, 1.807) is 14.2 Å². The molecular weight excluding hydrogens is 292 g/mol. The van der Waals surface area contributed by atoms with Gasteiger partial charge in [-0.2, -0.15) is 0 Å². The number of fused-ring (bicyclic) bond motifs is 4. The van der Waals surface area contributed by atoms with Crippen LogP contribution in [0.5, 0.6) is 11.5 Å². The average molecular weight is 310 g/mol. The number of carbonyl (C=O) groups excluding carboxylic acids is 1. The first-order valence-electron chi connectivity index (χ1n) is 7.67. The summed E-state index contributed by atoms with van der Waals surface area (Å²) >= 11 is 0. The number of methoxy groups -OCH3 is 2. The minimum atomic E-state index is -0.569. The van der Waals surface area contributed by atoms with Crippen LogP contribution in [0.25, 0.3) is 0 Å². The third kappa shape index (κ3) is 1.85. The highest BCUT2D eigenvalue weighted by Gasteiger charge is 2.51. The number of Topliss-reactive ketones (excluding diaryl/α,β-unsaturated/α-hetero) is 1. The van der Waals surface area contributed by atoms with Crippen LogP contribution in [0.3, 0.4) is 0 Å². The number of benzene rings is 2. The average Bonchev–Trinajstić information content (AvgIpc) is 3.02. The number of ketones is 1. The topological polar surface area (TPSA) is 55.8 Å².